The highest BCUT2D eigenvalue weighted by Gasteiger charge is 2.21. The number of allylic oxidation sites excluding steroid dienone is 8. The quantitative estimate of drug-likeness (QED) is 0.0195. The Morgan fingerprint density at radius 3 is 1.31 bits per heavy atom. The Hall–Kier alpha value is -2.03. The van der Waals surface area contributed by atoms with Crippen molar-refractivity contribution < 1.29 is 42.1 Å². The number of rotatable bonds is 46. The lowest BCUT2D eigenvalue weighted by molar-refractivity contribution is -0.870. The second-order valence-electron chi connectivity index (χ2n) is 18.2. The first kappa shape index (κ1) is 60.0. The molecule has 0 N–H and O–H groups in total. The molecule has 0 fully saturated rings. The molecule has 0 spiro atoms. The van der Waals surface area contributed by atoms with Crippen molar-refractivity contribution in [3.8, 4) is 0 Å². The van der Waals surface area contributed by atoms with E-state index in [-0.39, 0.29) is 26.1 Å². The summed E-state index contributed by atoms with van der Waals surface area (Å²) in [4.78, 5) is 37.7. The highest BCUT2D eigenvalue weighted by Crippen LogP contribution is 2.38. The molecule has 0 heterocycles. The number of carbonyl (C=O) groups excluding carboxylic acids is 2. The molecule has 0 aliphatic rings. The largest absolute Gasteiger partial charge is 0.756 e. The molecule has 362 valence electrons. The summed E-state index contributed by atoms with van der Waals surface area (Å²) in [5, 5.41) is 0. The van der Waals surface area contributed by atoms with Crippen LogP contribution in [0.15, 0.2) is 48.6 Å². The van der Waals surface area contributed by atoms with E-state index in [0.717, 1.165) is 77.0 Å². The predicted octanol–water partition coefficient (Wildman–Crippen LogP) is 14.4. The van der Waals surface area contributed by atoms with E-state index < -0.39 is 32.5 Å². The summed E-state index contributed by atoms with van der Waals surface area (Å²) in [6, 6.07) is 0. The van der Waals surface area contributed by atoms with Crippen molar-refractivity contribution in [2.45, 2.75) is 225 Å². The summed E-state index contributed by atoms with van der Waals surface area (Å²) < 4.78 is 34.0. The smallest absolute Gasteiger partial charge is 0.306 e. The van der Waals surface area contributed by atoms with E-state index in [9.17, 15) is 19.0 Å². The first-order valence-corrected chi connectivity index (χ1v) is 26.8. The van der Waals surface area contributed by atoms with Gasteiger partial charge >= 0.3 is 11.9 Å². The van der Waals surface area contributed by atoms with Gasteiger partial charge in [-0.2, -0.15) is 0 Å². The van der Waals surface area contributed by atoms with Crippen molar-refractivity contribution in [3.63, 3.8) is 0 Å². The van der Waals surface area contributed by atoms with Gasteiger partial charge in [0.1, 0.15) is 19.8 Å². The van der Waals surface area contributed by atoms with Gasteiger partial charge in [0.05, 0.1) is 27.7 Å². The molecule has 62 heavy (non-hydrogen) atoms. The topological polar surface area (TPSA) is 111 Å². The van der Waals surface area contributed by atoms with Gasteiger partial charge < -0.3 is 27.9 Å². The Morgan fingerprint density at radius 1 is 0.500 bits per heavy atom. The molecule has 10 heteroatoms. The number of hydrogen-bond donors (Lipinski definition) is 0. The number of esters is 2. The SMILES string of the molecule is CCCCCCC/C=C\C/C=C\C/C=C\CCCCCCCCCCC(=O)OC(COC(=O)CCCCCCC/C=C\CCCCCCCC)COP(=O)([O-])OCC[N+](C)(C)C. The van der Waals surface area contributed by atoms with Crippen LogP contribution in [0.4, 0.5) is 0 Å². The number of quaternary nitrogens is 1. The van der Waals surface area contributed by atoms with E-state index in [2.05, 4.69) is 62.5 Å². The monoisotopic (exact) mass is 894 g/mol. The molecule has 0 aromatic rings. The molecule has 0 aromatic heterocycles. The number of unbranched alkanes of at least 4 members (excludes halogenated alkanes) is 24. The number of phosphoric acid groups is 1. The summed E-state index contributed by atoms with van der Waals surface area (Å²) in [7, 11) is 1.15. The maximum absolute atomic E-state index is 12.7. The zero-order valence-electron chi connectivity index (χ0n) is 40.8. The molecule has 0 radical (unpaired) electrons. The van der Waals surface area contributed by atoms with E-state index in [1.54, 1.807) is 0 Å². The standard InChI is InChI=1S/C52H96NO8P/c1-6-8-10-12-14-16-18-20-22-23-24-25-26-27-28-29-31-33-35-37-39-41-43-45-52(55)61-50(49-60-62(56,57)59-47-46-53(3,4)5)48-58-51(54)44-42-40-38-36-34-32-30-21-19-17-15-13-11-9-7-2/h18,20-21,23-24,26-27,30,50H,6-17,19,22,25,28-29,31-49H2,1-5H3/b20-18-,24-23-,27-26-,30-21-. The van der Waals surface area contributed by atoms with E-state index in [1.165, 1.54) is 109 Å². The van der Waals surface area contributed by atoms with Crippen LogP contribution in [0.2, 0.25) is 0 Å². The van der Waals surface area contributed by atoms with E-state index in [1.807, 2.05) is 21.1 Å². The van der Waals surface area contributed by atoms with Crippen LogP contribution in [0.1, 0.15) is 219 Å². The molecule has 0 bridgehead atoms. The number of likely N-dealkylation sites (N-methyl/N-ethyl adjacent to an activating group) is 1. The molecule has 0 aliphatic heterocycles. The summed E-state index contributed by atoms with van der Waals surface area (Å²) in [5.41, 5.74) is 0. The summed E-state index contributed by atoms with van der Waals surface area (Å²) in [6.45, 7) is 4.21. The summed E-state index contributed by atoms with van der Waals surface area (Å²) >= 11 is 0. The fraction of sp³-hybridized carbons (Fsp3) is 0.808. The maximum atomic E-state index is 12.7. The predicted molar refractivity (Wildman–Crippen MR) is 259 cm³/mol. The third kappa shape index (κ3) is 47.4. The number of ether oxygens (including phenoxy) is 2. The lowest BCUT2D eigenvalue weighted by atomic mass is 10.1. The van der Waals surface area contributed by atoms with Crippen LogP contribution in [-0.4, -0.2) is 70.0 Å². The number of carbonyl (C=O) groups is 2. The van der Waals surface area contributed by atoms with E-state index in [4.69, 9.17) is 18.5 Å². The molecular formula is C52H96NO8P. The molecule has 0 aromatic carbocycles. The van der Waals surface area contributed by atoms with Gasteiger partial charge in [-0.15, -0.1) is 0 Å². The average molecular weight is 894 g/mol. The first-order chi connectivity index (χ1) is 30.0. The van der Waals surface area contributed by atoms with Crippen molar-refractivity contribution in [2.24, 2.45) is 0 Å². The average Bonchev–Trinajstić information content (AvgIpc) is 3.23. The van der Waals surface area contributed by atoms with Gasteiger partial charge in [-0.05, 0) is 77.0 Å². The van der Waals surface area contributed by atoms with Gasteiger partial charge in [-0.25, -0.2) is 0 Å². The van der Waals surface area contributed by atoms with Crippen LogP contribution in [0, 0.1) is 0 Å². The van der Waals surface area contributed by atoms with Gasteiger partial charge in [0.25, 0.3) is 7.82 Å². The fourth-order valence-electron chi connectivity index (χ4n) is 6.83. The molecule has 2 atom stereocenters. The molecule has 2 unspecified atom stereocenters. The molecular weight excluding hydrogens is 798 g/mol. The second kappa shape index (κ2) is 44.2. The van der Waals surface area contributed by atoms with Crippen LogP contribution in [-0.2, 0) is 32.7 Å². The third-order valence-corrected chi connectivity index (χ3v) is 11.8. The van der Waals surface area contributed by atoms with E-state index >= 15 is 0 Å². The van der Waals surface area contributed by atoms with Crippen LogP contribution in [0.3, 0.4) is 0 Å². The van der Waals surface area contributed by atoms with Gasteiger partial charge in [0.15, 0.2) is 6.10 Å². The Labute approximate surface area is 382 Å². The maximum Gasteiger partial charge on any atom is 0.306 e. The Bertz CT molecular complexity index is 1190. The van der Waals surface area contributed by atoms with Gasteiger partial charge in [0.2, 0.25) is 0 Å². The minimum absolute atomic E-state index is 0.0347. The lowest BCUT2D eigenvalue weighted by Gasteiger charge is -2.28. The lowest BCUT2D eigenvalue weighted by Crippen LogP contribution is -2.37. The fourth-order valence-corrected chi connectivity index (χ4v) is 7.56. The minimum Gasteiger partial charge on any atom is -0.756 e. The van der Waals surface area contributed by atoms with Crippen LogP contribution < -0.4 is 4.89 Å². The highest BCUT2D eigenvalue weighted by molar-refractivity contribution is 7.45. The normalized spacial score (nSPS) is 13.8. The van der Waals surface area contributed by atoms with Gasteiger partial charge in [0, 0.05) is 12.8 Å². The summed E-state index contributed by atoms with van der Waals surface area (Å²) in [5.74, 6) is -0.850. The Morgan fingerprint density at radius 2 is 0.871 bits per heavy atom. The van der Waals surface area contributed by atoms with Crippen molar-refractivity contribution in [3.05, 3.63) is 48.6 Å². The second-order valence-corrected chi connectivity index (χ2v) is 19.6. The number of hydrogen-bond acceptors (Lipinski definition) is 8. The molecule has 0 rings (SSSR count). The van der Waals surface area contributed by atoms with Crippen LogP contribution in [0.25, 0.3) is 0 Å². The minimum atomic E-state index is -4.63. The van der Waals surface area contributed by atoms with Crippen molar-refractivity contribution in [1.29, 1.82) is 0 Å². The number of nitrogens with zero attached hydrogens (tertiary/aromatic N) is 1. The van der Waals surface area contributed by atoms with Crippen molar-refractivity contribution in [2.75, 3.05) is 47.5 Å². The van der Waals surface area contributed by atoms with Crippen molar-refractivity contribution >= 4 is 19.8 Å². The summed E-state index contributed by atoms with van der Waals surface area (Å²) in [6.07, 6.45) is 52.8. The van der Waals surface area contributed by atoms with Crippen LogP contribution in [0.5, 0.6) is 0 Å². The van der Waals surface area contributed by atoms with Gasteiger partial charge in [-0.3, -0.25) is 14.2 Å². The molecule has 0 saturated carbocycles. The Kier molecular flexibility index (Phi) is 42.7. The zero-order valence-corrected chi connectivity index (χ0v) is 41.7. The molecule has 9 nitrogen and oxygen atoms in total. The molecule has 0 saturated heterocycles. The van der Waals surface area contributed by atoms with Gasteiger partial charge in [-0.1, -0.05) is 178 Å². The Balaban J connectivity index is 4.28. The highest BCUT2D eigenvalue weighted by atomic mass is 31.2. The first-order valence-electron chi connectivity index (χ1n) is 25.3. The van der Waals surface area contributed by atoms with E-state index in [0.29, 0.717) is 17.4 Å². The number of phosphoric ester groups is 1. The molecule has 0 aliphatic carbocycles. The van der Waals surface area contributed by atoms with Crippen LogP contribution >= 0.6 is 7.82 Å². The zero-order chi connectivity index (χ0) is 45.7. The van der Waals surface area contributed by atoms with Crippen molar-refractivity contribution in [1.82, 2.24) is 0 Å². The third-order valence-electron chi connectivity index (χ3n) is 10.8. The molecule has 0 amide bonds.